The monoisotopic (exact) mass is 348 g/mol. The van der Waals surface area contributed by atoms with E-state index < -0.39 is 17.1 Å². The molecule has 0 bridgehead atoms. The van der Waals surface area contributed by atoms with Crippen LogP contribution < -0.4 is 16.4 Å². The first-order chi connectivity index (χ1) is 10.2. The summed E-state index contributed by atoms with van der Waals surface area (Å²) in [6.07, 6.45) is 0.997. The van der Waals surface area contributed by atoms with Gasteiger partial charge in [-0.1, -0.05) is 27.7 Å². The molecule has 0 spiro atoms. The Bertz CT molecular complexity index is 466. The van der Waals surface area contributed by atoms with Crippen molar-refractivity contribution < 1.29 is 14.4 Å². The molecule has 0 aliphatic carbocycles. The SMILES string of the molecule is CCC1(CC)NC(=O)N(CC(=O)NC(C)(CN)C(C)C)C1=O.Cl. The molecule has 0 aromatic heterocycles. The van der Waals surface area contributed by atoms with Crippen LogP contribution in [-0.2, 0) is 9.59 Å². The lowest BCUT2D eigenvalue weighted by molar-refractivity contribution is -0.135. The summed E-state index contributed by atoms with van der Waals surface area (Å²) in [7, 11) is 0. The van der Waals surface area contributed by atoms with Crippen molar-refractivity contribution in [3.05, 3.63) is 0 Å². The summed E-state index contributed by atoms with van der Waals surface area (Å²) in [5.74, 6) is -0.584. The largest absolute Gasteiger partial charge is 0.348 e. The van der Waals surface area contributed by atoms with E-state index in [0.717, 1.165) is 4.90 Å². The van der Waals surface area contributed by atoms with Gasteiger partial charge in [0.2, 0.25) is 5.91 Å². The number of hydrogen-bond donors (Lipinski definition) is 3. The van der Waals surface area contributed by atoms with Gasteiger partial charge in [-0.05, 0) is 25.7 Å². The predicted molar refractivity (Wildman–Crippen MR) is 91.2 cm³/mol. The molecule has 1 heterocycles. The molecular formula is C15H29ClN4O3. The van der Waals surface area contributed by atoms with Crippen LogP contribution in [0.3, 0.4) is 0 Å². The molecule has 8 heteroatoms. The van der Waals surface area contributed by atoms with Crippen LogP contribution in [0.15, 0.2) is 0 Å². The van der Waals surface area contributed by atoms with Gasteiger partial charge >= 0.3 is 6.03 Å². The number of nitrogens with one attached hydrogen (secondary N) is 2. The summed E-state index contributed by atoms with van der Waals surface area (Å²) in [4.78, 5) is 37.7. The third-order valence-electron chi connectivity index (χ3n) is 4.88. The molecule has 1 aliphatic heterocycles. The minimum absolute atomic E-state index is 0. The Morgan fingerprint density at radius 3 is 2.22 bits per heavy atom. The van der Waals surface area contributed by atoms with Crippen molar-refractivity contribution in [1.29, 1.82) is 0 Å². The van der Waals surface area contributed by atoms with E-state index in [1.807, 2.05) is 34.6 Å². The van der Waals surface area contributed by atoms with Crippen molar-refractivity contribution in [3.8, 4) is 0 Å². The standard InChI is InChI=1S/C15H28N4O3.ClH/c1-6-15(7-2)12(21)19(13(22)18-15)8-11(20)17-14(5,9-16)10(3)4;/h10H,6-9,16H2,1-5H3,(H,17,20)(H,18,22);1H. The van der Waals surface area contributed by atoms with Gasteiger partial charge < -0.3 is 16.4 Å². The van der Waals surface area contributed by atoms with Gasteiger partial charge in [-0.2, -0.15) is 0 Å². The summed E-state index contributed by atoms with van der Waals surface area (Å²) < 4.78 is 0. The van der Waals surface area contributed by atoms with E-state index in [1.54, 1.807) is 0 Å². The first-order valence-corrected chi connectivity index (χ1v) is 7.81. The van der Waals surface area contributed by atoms with Crippen molar-refractivity contribution in [2.75, 3.05) is 13.1 Å². The van der Waals surface area contributed by atoms with Gasteiger partial charge in [0, 0.05) is 6.54 Å². The van der Waals surface area contributed by atoms with E-state index in [4.69, 9.17) is 5.73 Å². The minimum atomic E-state index is -0.882. The molecule has 4 N–H and O–H groups in total. The van der Waals surface area contributed by atoms with Gasteiger partial charge in [-0.25, -0.2) is 4.79 Å². The maximum Gasteiger partial charge on any atom is 0.325 e. The number of amides is 4. The molecule has 23 heavy (non-hydrogen) atoms. The highest BCUT2D eigenvalue weighted by Crippen LogP contribution is 2.24. The van der Waals surface area contributed by atoms with Gasteiger partial charge in [-0.3, -0.25) is 14.5 Å². The van der Waals surface area contributed by atoms with Crippen LogP contribution in [0.4, 0.5) is 4.79 Å². The van der Waals surface area contributed by atoms with Crippen molar-refractivity contribution in [2.24, 2.45) is 11.7 Å². The highest BCUT2D eigenvalue weighted by atomic mass is 35.5. The quantitative estimate of drug-likeness (QED) is 0.597. The molecule has 4 amide bonds. The van der Waals surface area contributed by atoms with Crippen molar-refractivity contribution in [2.45, 2.75) is 58.5 Å². The molecule has 0 radical (unpaired) electrons. The van der Waals surface area contributed by atoms with Crippen LogP contribution in [0.5, 0.6) is 0 Å². The van der Waals surface area contributed by atoms with Gasteiger partial charge in [-0.15, -0.1) is 12.4 Å². The van der Waals surface area contributed by atoms with E-state index in [2.05, 4.69) is 10.6 Å². The Labute approximate surface area is 144 Å². The second kappa shape index (κ2) is 7.97. The number of carbonyl (C=O) groups excluding carboxylic acids is 3. The van der Waals surface area contributed by atoms with Gasteiger partial charge in [0.25, 0.3) is 5.91 Å². The van der Waals surface area contributed by atoms with Crippen molar-refractivity contribution in [3.63, 3.8) is 0 Å². The lowest BCUT2D eigenvalue weighted by Gasteiger charge is -2.34. The first-order valence-electron chi connectivity index (χ1n) is 7.81. The number of imide groups is 1. The third kappa shape index (κ3) is 4.14. The first kappa shape index (κ1) is 21.7. The van der Waals surface area contributed by atoms with Crippen molar-refractivity contribution in [1.82, 2.24) is 15.5 Å². The number of urea groups is 1. The highest BCUT2D eigenvalue weighted by molar-refractivity contribution is 6.09. The summed E-state index contributed by atoms with van der Waals surface area (Å²) in [5, 5.41) is 5.54. The molecule has 0 aromatic carbocycles. The van der Waals surface area contributed by atoms with Crippen LogP contribution in [0.25, 0.3) is 0 Å². The lowest BCUT2D eigenvalue weighted by atomic mass is 9.88. The van der Waals surface area contributed by atoms with E-state index in [1.165, 1.54) is 0 Å². The van der Waals surface area contributed by atoms with E-state index in [0.29, 0.717) is 12.8 Å². The number of hydrogen-bond acceptors (Lipinski definition) is 4. The molecule has 1 aliphatic rings. The van der Waals surface area contributed by atoms with Gasteiger partial charge in [0.05, 0.1) is 5.54 Å². The van der Waals surface area contributed by atoms with E-state index >= 15 is 0 Å². The number of carbonyl (C=O) groups is 3. The fraction of sp³-hybridized carbons (Fsp3) is 0.800. The third-order valence-corrected chi connectivity index (χ3v) is 4.88. The minimum Gasteiger partial charge on any atom is -0.348 e. The zero-order valence-electron chi connectivity index (χ0n) is 14.6. The Balaban J connectivity index is 0.00000484. The summed E-state index contributed by atoms with van der Waals surface area (Å²) in [6.45, 7) is 9.45. The number of nitrogens with two attached hydrogens (primary N) is 1. The topological polar surface area (TPSA) is 105 Å². The molecule has 1 fully saturated rings. The maximum atomic E-state index is 12.4. The molecule has 7 nitrogen and oxygen atoms in total. The number of halogens is 1. The zero-order chi connectivity index (χ0) is 17.1. The van der Waals surface area contributed by atoms with Crippen LogP contribution in [0.1, 0.15) is 47.5 Å². The molecule has 0 saturated carbocycles. The fourth-order valence-electron chi connectivity index (χ4n) is 2.48. The van der Waals surface area contributed by atoms with E-state index in [-0.39, 0.29) is 43.2 Å². The molecular weight excluding hydrogens is 320 g/mol. The van der Waals surface area contributed by atoms with Crippen LogP contribution in [-0.4, -0.2) is 46.9 Å². The van der Waals surface area contributed by atoms with Crippen LogP contribution >= 0.6 is 12.4 Å². The second-order valence-corrected chi connectivity index (χ2v) is 6.44. The lowest BCUT2D eigenvalue weighted by Crippen LogP contribution is -2.57. The molecule has 1 rings (SSSR count). The van der Waals surface area contributed by atoms with Crippen LogP contribution in [0.2, 0.25) is 0 Å². The predicted octanol–water partition coefficient (Wildman–Crippen LogP) is 1.01. The molecule has 134 valence electrons. The zero-order valence-corrected chi connectivity index (χ0v) is 15.4. The highest BCUT2D eigenvalue weighted by Gasteiger charge is 2.49. The Hall–Kier alpha value is -1.34. The number of rotatable bonds is 7. The molecule has 1 atom stereocenters. The smallest absolute Gasteiger partial charge is 0.325 e. The average Bonchev–Trinajstić information content (AvgIpc) is 2.71. The van der Waals surface area contributed by atoms with Gasteiger partial charge in [0.1, 0.15) is 12.1 Å². The summed E-state index contributed by atoms with van der Waals surface area (Å²) in [5.41, 5.74) is 4.28. The maximum absolute atomic E-state index is 12.4. The summed E-state index contributed by atoms with van der Waals surface area (Å²) in [6, 6.07) is -0.511. The summed E-state index contributed by atoms with van der Waals surface area (Å²) >= 11 is 0. The molecule has 1 saturated heterocycles. The Kier molecular flexibility index (Phi) is 7.50. The fourth-order valence-corrected chi connectivity index (χ4v) is 2.48. The van der Waals surface area contributed by atoms with Gasteiger partial charge in [0.15, 0.2) is 0 Å². The number of nitrogens with zero attached hydrogens (tertiary/aromatic N) is 1. The molecule has 0 aromatic rings. The van der Waals surface area contributed by atoms with E-state index in [9.17, 15) is 14.4 Å². The van der Waals surface area contributed by atoms with Crippen molar-refractivity contribution >= 4 is 30.3 Å². The normalized spacial score (nSPS) is 19.2. The average molecular weight is 349 g/mol. The molecule has 1 unspecified atom stereocenters. The Morgan fingerprint density at radius 1 is 1.35 bits per heavy atom. The second-order valence-electron chi connectivity index (χ2n) is 6.44. The van der Waals surface area contributed by atoms with Crippen LogP contribution in [0, 0.1) is 5.92 Å². The Morgan fingerprint density at radius 2 is 1.87 bits per heavy atom.